The highest BCUT2D eigenvalue weighted by Gasteiger charge is 2.36. The van der Waals surface area contributed by atoms with Crippen molar-refractivity contribution in [2.75, 3.05) is 13.1 Å². The number of amides is 1. The molecule has 166 valence electrons. The molecule has 5 rings (SSSR count). The third kappa shape index (κ3) is 3.89. The van der Waals surface area contributed by atoms with Crippen molar-refractivity contribution in [3.8, 4) is 11.1 Å². The molecule has 0 saturated carbocycles. The summed E-state index contributed by atoms with van der Waals surface area (Å²) in [4.78, 5) is 16.5. The van der Waals surface area contributed by atoms with Crippen LogP contribution in [0.1, 0.15) is 28.8 Å². The lowest BCUT2D eigenvalue weighted by Crippen LogP contribution is -2.46. The Morgan fingerprint density at radius 3 is 2.16 bits per heavy atom. The third-order valence-corrected chi connectivity index (χ3v) is 9.74. The van der Waals surface area contributed by atoms with Crippen molar-refractivity contribution in [3.63, 3.8) is 0 Å². The first-order valence-corrected chi connectivity index (χ1v) is 13.2. The Labute approximate surface area is 193 Å². The minimum atomic E-state index is -3.56. The van der Waals surface area contributed by atoms with E-state index in [2.05, 4.69) is 24.3 Å². The highest BCUT2D eigenvalue weighted by molar-refractivity contribution is 7.91. The minimum absolute atomic E-state index is 0.0405. The molecule has 0 radical (unpaired) electrons. The van der Waals surface area contributed by atoms with E-state index in [1.807, 2.05) is 42.2 Å². The molecule has 2 aliphatic rings. The molecule has 0 spiro atoms. The number of thiophene rings is 1. The summed E-state index contributed by atoms with van der Waals surface area (Å²) in [5.74, 6) is -0.282. The summed E-state index contributed by atoms with van der Waals surface area (Å²) in [6, 6.07) is 20.0. The van der Waals surface area contributed by atoms with Gasteiger partial charge < -0.3 is 4.90 Å². The van der Waals surface area contributed by atoms with E-state index in [0.717, 1.165) is 16.0 Å². The van der Waals surface area contributed by atoms with Crippen LogP contribution in [0.15, 0.2) is 64.9 Å². The number of benzene rings is 2. The zero-order valence-corrected chi connectivity index (χ0v) is 19.7. The molecule has 0 bridgehead atoms. The van der Waals surface area contributed by atoms with E-state index in [9.17, 15) is 13.2 Å². The van der Waals surface area contributed by atoms with Gasteiger partial charge in [0.1, 0.15) is 4.21 Å². The van der Waals surface area contributed by atoms with Gasteiger partial charge in [-0.3, -0.25) is 4.79 Å². The number of hydrogen-bond donors (Lipinski definition) is 0. The summed E-state index contributed by atoms with van der Waals surface area (Å²) >= 11 is 1.29. The van der Waals surface area contributed by atoms with Crippen LogP contribution in [0.25, 0.3) is 11.1 Å². The highest BCUT2D eigenvalue weighted by atomic mass is 32.2. The first-order chi connectivity index (χ1) is 15.4. The van der Waals surface area contributed by atoms with Crippen LogP contribution in [0.3, 0.4) is 0 Å². The van der Waals surface area contributed by atoms with E-state index in [-0.39, 0.29) is 18.4 Å². The molecular formula is C25H26N2O3S2. The highest BCUT2D eigenvalue weighted by Crippen LogP contribution is 2.34. The van der Waals surface area contributed by atoms with Gasteiger partial charge in [0.25, 0.3) is 10.0 Å². The molecule has 3 aromatic rings. The fourth-order valence-electron chi connectivity index (χ4n) is 4.76. The molecule has 1 atom stereocenters. The van der Waals surface area contributed by atoms with Crippen LogP contribution in [0.2, 0.25) is 0 Å². The molecular weight excluding hydrogens is 440 g/mol. The lowest BCUT2D eigenvalue weighted by Gasteiger charge is -2.34. The lowest BCUT2D eigenvalue weighted by molar-refractivity contribution is -0.138. The van der Waals surface area contributed by atoms with E-state index in [1.54, 1.807) is 6.07 Å². The van der Waals surface area contributed by atoms with Crippen molar-refractivity contribution in [2.45, 2.75) is 37.1 Å². The van der Waals surface area contributed by atoms with Gasteiger partial charge in [-0.05, 0) is 54.2 Å². The molecule has 0 N–H and O–H groups in total. The van der Waals surface area contributed by atoms with Crippen LogP contribution in [-0.2, 0) is 27.9 Å². The van der Waals surface area contributed by atoms with Gasteiger partial charge in [0.15, 0.2) is 0 Å². The number of fused-ring (bicyclic) bond motifs is 3. The summed E-state index contributed by atoms with van der Waals surface area (Å²) < 4.78 is 28.1. The van der Waals surface area contributed by atoms with Gasteiger partial charge in [-0.15, -0.1) is 11.3 Å². The molecule has 3 heterocycles. The van der Waals surface area contributed by atoms with Gasteiger partial charge >= 0.3 is 0 Å². The van der Waals surface area contributed by atoms with Gasteiger partial charge in [0.2, 0.25) is 5.91 Å². The summed E-state index contributed by atoms with van der Waals surface area (Å²) in [5, 5.41) is 0. The number of piperidine rings is 1. The van der Waals surface area contributed by atoms with Gasteiger partial charge in [-0.25, -0.2) is 8.42 Å². The van der Waals surface area contributed by atoms with Crippen LogP contribution < -0.4 is 0 Å². The summed E-state index contributed by atoms with van der Waals surface area (Å²) in [7, 11) is -3.56. The molecule has 0 aliphatic carbocycles. The van der Waals surface area contributed by atoms with Gasteiger partial charge in [0.05, 0.1) is 5.92 Å². The number of aryl methyl sites for hydroxylation is 1. The molecule has 2 aliphatic heterocycles. The Bertz CT molecular complexity index is 1220. The Morgan fingerprint density at radius 2 is 1.56 bits per heavy atom. The molecule has 1 fully saturated rings. The van der Waals surface area contributed by atoms with Gasteiger partial charge in [-0.2, -0.15) is 4.31 Å². The van der Waals surface area contributed by atoms with Crippen LogP contribution in [0, 0.1) is 12.8 Å². The second-order valence-electron chi connectivity index (χ2n) is 8.58. The van der Waals surface area contributed by atoms with Crippen LogP contribution in [0.5, 0.6) is 0 Å². The normalized spacial score (nSPS) is 19.2. The minimum Gasteiger partial charge on any atom is -0.334 e. The van der Waals surface area contributed by atoms with E-state index >= 15 is 0 Å². The predicted octanol–water partition coefficient (Wildman–Crippen LogP) is 4.67. The fraction of sp³-hybridized carbons (Fsp3) is 0.320. The van der Waals surface area contributed by atoms with E-state index in [4.69, 9.17) is 0 Å². The maximum atomic E-state index is 13.6. The molecule has 1 unspecified atom stereocenters. The smallest absolute Gasteiger partial charge is 0.252 e. The molecule has 1 amide bonds. The standard InChI is InChI=1S/C25H26N2O3S2/c1-18-12-13-24(31-18)32(29,30)27-14-6-9-21(17-27)25(28)26-15-19-7-2-4-10-22(19)23-11-5-3-8-20(23)16-26/h2-5,7-8,10-13,21H,6,9,14-17H2,1H3. The average molecular weight is 467 g/mol. The SMILES string of the molecule is Cc1ccc(S(=O)(=O)N2CCCC(C(=O)N3Cc4ccccc4-c4ccccc4C3)C2)s1. The second-order valence-corrected chi connectivity index (χ2v) is 12.0. The van der Waals surface area contributed by atoms with E-state index < -0.39 is 10.0 Å². The number of hydrogen-bond acceptors (Lipinski definition) is 4. The summed E-state index contributed by atoms with van der Waals surface area (Å²) in [5.41, 5.74) is 4.58. The van der Waals surface area contributed by atoms with Gasteiger partial charge in [-0.1, -0.05) is 48.5 Å². The average Bonchev–Trinajstić information content (AvgIpc) is 3.18. The fourth-order valence-corrected chi connectivity index (χ4v) is 7.72. The van der Waals surface area contributed by atoms with Crippen molar-refractivity contribution in [2.24, 2.45) is 5.92 Å². The van der Waals surface area contributed by atoms with Crippen LogP contribution >= 0.6 is 11.3 Å². The topological polar surface area (TPSA) is 57.7 Å². The van der Waals surface area contributed by atoms with Crippen molar-refractivity contribution >= 4 is 27.3 Å². The molecule has 2 aromatic carbocycles. The molecule has 7 heteroatoms. The first-order valence-electron chi connectivity index (χ1n) is 10.9. The van der Waals surface area contributed by atoms with E-state index in [1.165, 1.54) is 26.8 Å². The zero-order valence-electron chi connectivity index (χ0n) is 18.0. The zero-order chi connectivity index (χ0) is 22.3. The Balaban J connectivity index is 1.41. The quantitative estimate of drug-likeness (QED) is 0.564. The number of carbonyl (C=O) groups excluding carboxylic acids is 1. The number of rotatable bonds is 3. The Kier molecular flexibility index (Phi) is 5.65. The van der Waals surface area contributed by atoms with Crippen molar-refractivity contribution in [1.82, 2.24) is 9.21 Å². The van der Waals surface area contributed by atoms with Gasteiger partial charge in [0, 0.05) is 31.1 Å². The number of carbonyl (C=O) groups is 1. The maximum Gasteiger partial charge on any atom is 0.252 e. The van der Waals surface area contributed by atoms with Crippen LogP contribution in [0.4, 0.5) is 0 Å². The summed E-state index contributed by atoms with van der Waals surface area (Å²) in [6.45, 7) is 3.70. The van der Waals surface area contributed by atoms with E-state index in [0.29, 0.717) is 36.7 Å². The molecule has 32 heavy (non-hydrogen) atoms. The summed E-state index contributed by atoms with van der Waals surface area (Å²) in [6.07, 6.45) is 1.41. The third-order valence-electron chi connectivity index (χ3n) is 6.40. The second kappa shape index (κ2) is 8.46. The van der Waals surface area contributed by atoms with Crippen molar-refractivity contribution in [1.29, 1.82) is 0 Å². The molecule has 5 nitrogen and oxygen atoms in total. The van der Waals surface area contributed by atoms with Crippen molar-refractivity contribution < 1.29 is 13.2 Å². The molecule has 1 aromatic heterocycles. The largest absolute Gasteiger partial charge is 0.334 e. The maximum absolute atomic E-state index is 13.6. The predicted molar refractivity (Wildman–Crippen MR) is 127 cm³/mol. The van der Waals surface area contributed by atoms with Crippen LogP contribution in [-0.4, -0.2) is 36.6 Å². The number of sulfonamides is 1. The monoisotopic (exact) mass is 466 g/mol. The lowest BCUT2D eigenvalue weighted by atomic mass is 9.97. The first kappa shape index (κ1) is 21.4. The number of nitrogens with zero attached hydrogens (tertiary/aromatic N) is 2. The Morgan fingerprint density at radius 1 is 0.938 bits per heavy atom. The van der Waals surface area contributed by atoms with Crippen molar-refractivity contribution in [3.05, 3.63) is 76.7 Å². The molecule has 1 saturated heterocycles. The Hall–Kier alpha value is -2.48.